The van der Waals surface area contributed by atoms with Gasteiger partial charge in [0.2, 0.25) is 6.41 Å². The van der Waals surface area contributed by atoms with Crippen LogP contribution >= 0.6 is 0 Å². The SMILES string of the molecule is O=CN(O)C(CC1CCOCC1)CS(=O)(=O)c1ccc(Oc2ccc(OC(F)(F)F)cc2)cc1. The van der Waals surface area contributed by atoms with Crippen molar-refractivity contribution >= 4 is 16.2 Å². The number of carbonyl (C=O) groups excluding carboxylic acids is 1. The number of hydroxylamine groups is 2. The molecule has 0 saturated carbocycles. The van der Waals surface area contributed by atoms with Gasteiger partial charge in [0, 0.05) is 13.2 Å². The molecule has 1 unspecified atom stereocenters. The first-order valence-electron chi connectivity index (χ1n) is 10.4. The van der Waals surface area contributed by atoms with Gasteiger partial charge < -0.3 is 14.2 Å². The highest BCUT2D eigenvalue weighted by atomic mass is 32.2. The summed E-state index contributed by atoms with van der Waals surface area (Å²) in [6, 6.07) is 9.28. The van der Waals surface area contributed by atoms with Gasteiger partial charge in [-0.05, 0) is 73.7 Å². The molecule has 0 aromatic heterocycles. The summed E-state index contributed by atoms with van der Waals surface area (Å²) in [4.78, 5) is 11.1. The predicted octanol–water partition coefficient (Wildman–Crippen LogP) is 4.18. The number of halogens is 3. The minimum atomic E-state index is -4.80. The molecule has 0 bridgehead atoms. The number of carbonyl (C=O) groups is 1. The van der Waals surface area contributed by atoms with Crippen LogP contribution in [-0.4, -0.2) is 56.5 Å². The Hall–Kier alpha value is -2.83. The van der Waals surface area contributed by atoms with E-state index in [1.54, 1.807) is 0 Å². The molecular weight excluding hydrogens is 479 g/mol. The lowest BCUT2D eigenvalue weighted by atomic mass is 9.93. The minimum absolute atomic E-state index is 0.0231. The van der Waals surface area contributed by atoms with Gasteiger partial charge in [-0.1, -0.05) is 0 Å². The van der Waals surface area contributed by atoms with Crippen LogP contribution in [-0.2, 0) is 19.4 Å². The van der Waals surface area contributed by atoms with E-state index in [1.807, 2.05) is 0 Å². The van der Waals surface area contributed by atoms with Crippen LogP contribution in [0.25, 0.3) is 0 Å². The zero-order valence-corrected chi connectivity index (χ0v) is 18.8. The Balaban J connectivity index is 1.65. The summed E-state index contributed by atoms with van der Waals surface area (Å²) in [6.07, 6.45) is -2.84. The molecule has 1 saturated heterocycles. The highest BCUT2D eigenvalue weighted by molar-refractivity contribution is 7.91. The molecule has 0 radical (unpaired) electrons. The normalized spacial score (nSPS) is 16.0. The molecule has 1 N–H and O–H groups in total. The highest BCUT2D eigenvalue weighted by Gasteiger charge is 2.31. The van der Waals surface area contributed by atoms with Gasteiger partial charge in [0.05, 0.1) is 16.7 Å². The van der Waals surface area contributed by atoms with Crippen molar-refractivity contribution in [2.75, 3.05) is 19.0 Å². The van der Waals surface area contributed by atoms with Crippen LogP contribution in [0.1, 0.15) is 19.3 Å². The van der Waals surface area contributed by atoms with Crippen LogP contribution in [0, 0.1) is 5.92 Å². The van der Waals surface area contributed by atoms with Crippen molar-refractivity contribution in [1.82, 2.24) is 5.06 Å². The van der Waals surface area contributed by atoms with E-state index in [1.165, 1.54) is 36.4 Å². The second kappa shape index (κ2) is 11.1. The quantitative estimate of drug-likeness (QED) is 0.295. The third kappa shape index (κ3) is 7.61. The van der Waals surface area contributed by atoms with Gasteiger partial charge in [-0.3, -0.25) is 10.0 Å². The van der Waals surface area contributed by atoms with E-state index in [2.05, 4.69) is 4.74 Å². The maximum absolute atomic E-state index is 12.9. The number of hydrogen-bond acceptors (Lipinski definition) is 7. The lowest BCUT2D eigenvalue weighted by Crippen LogP contribution is -2.39. The molecule has 2 aromatic rings. The van der Waals surface area contributed by atoms with Gasteiger partial charge in [-0.15, -0.1) is 13.2 Å². The summed E-state index contributed by atoms with van der Waals surface area (Å²) in [5.41, 5.74) is 0. The maximum Gasteiger partial charge on any atom is 0.573 e. The lowest BCUT2D eigenvalue weighted by Gasteiger charge is -2.29. The Morgan fingerprint density at radius 3 is 2.09 bits per heavy atom. The van der Waals surface area contributed by atoms with Crippen molar-refractivity contribution in [3.8, 4) is 17.2 Å². The van der Waals surface area contributed by atoms with E-state index >= 15 is 0 Å². The minimum Gasteiger partial charge on any atom is -0.457 e. The zero-order chi connectivity index (χ0) is 24.8. The molecule has 3 rings (SSSR count). The Bertz CT molecular complexity index is 1040. The molecule has 34 heavy (non-hydrogen) atoms. The largest absolute Gasteiger partial charge is 0.573 e. The van der Waals surface area contributed by atoms with E-state index in [4.69, 9.17) is 9.47 Å². The molecule has 12 heteroatoms. The number of ether oxygens (including phenoxy) is 3. The van der Waals surface area contributed by atoms with E-state index in [0.29, 0.717) is 24.7 Å². The standard InChI is InChI=1S/C22H24F3NO7S/c23-22(24,25)33-20-3-1-18(2-4-20)32-19-5-7-21(8-6-19)34(29,30)14-17(26(28)15-27)13-16-9-11-31-12-10-16/h1-8,15-17,28H,9-14H2. The summed E-state index contributed by atoms with van der Waals surface area (Å²) in [5, 5.41) is 10.3. The molecule has 1 aliphatic rings. The molecule has 1 fully saturated rings. The second-order valence-electron chi connectivity index (χ2n) is 7.80. The van der Waals surface area contributed by atoms with Crippen LogP contribution in [0.5, 0.6) is 17.2 Å². The number of sulfone groups is 1. The monoisotopic (exact) mass is 503 g/mol. The van der Waals surface area contributed by atoms with Crippen molar-refractivity contribution in [2.45, 2.75) is 36.6 Å². The zero-order valence-electron chi connectivity index (χ0n) is 18.0. The first-order chi connectivity index (χ1) is 16.1. The smallest absolute Gasteiger partial charge is 0.457 e. The molecular formula is C22H24F3NO7S. The van der Waals surface area contributed by atoms with E-state index in [9.17, 15) is 31.6 Å². The van der Waals surface area contributed by atoms with E-state index < -0.39 is 33.7 Å². The van der Waals surface area contributed by atoms with Crippen molar-refractivity contribution in [3.05, 3.63) is 48.5 Å². The van der Waals surface area contributed by atoms with Crippen LogP contribution in [0.2, 0.25) is 0 Å². The molecule has 8 nitrogen and oxygen atoms in total. The molecule has 1 aliphatic heterocycles. The van der Waals surface area contributed by atoms with Gasteiger partial charge in [0.1, 0.15) is 17.2 Å². The van der Waals surface area contributed by atoms with Crippen molar-refractivity contribution in [3.63, 3.8) is 0 Å². The first-order valence-corrected chi connectivity index (χ1v) is 12.1. The van der Waals surface area contributed by atoms with Crippen LogP contribution in [0.4, 0.5) is 13.2 Å². The fourth-order valence-electron chi connectivity index (χ4n) is 3.62. The molecule has 0 aliphatic carbocycles. The summed E-state index contributed by atoms with van der Waals surface area (Å²) in [5.74, 6) is -0.236. The fraction of sp³-hybridized carbons (Fsp3) is 0.409. The molecule has 1 heterocycles. The fourth-order valence-corrected chi connectivity index (χ4v) is 5.15. The average Bonchev–Trinajstić information content (AvgIpc) is 2.79. The summed E-state index contributed by atoms with van der Waals surface area (Å²) >= 11 is 0. The third-order valence-corrected chi connectivity index (χ3v) is 7.13. The number of amides is 1. The second-order valence-corrected chi connectivity index (χ2v) is 9.84. The van der Waals surface area contributed by atoms with Gasteiger partial charge in [-0.25, -0.2) is 13.5 Å². The lowest BCUT2D eigenvalue weighted by molar-refractivity contribution is -0.274. The summed E-state index contributed by atoms with van der Waals surface area (Å²) in [7, 11) is -3.85. The Kier molecular flexibility index (Phi) is 8.39. The molecule has 1 atom stereocenters. The third-order valence-electron chi connectivity index (χ3n) is 5.32. The van der Waals surface area contributed by atoms with E-state index in [0.717, 1.165) is 25.0 Å². The van der Waals surface area contributed by atoms with Crippen molar-refractivity contribution < 1.29 is 45.8 Å². The Labute approximate surface area is 194 Å². The highest BCUT2D eigenvalue weighted by Crippen LogP contribution is 2.29. The maximum atomic E-state index is 12.9. The van der Waals surface area contributed by atoms with Crippen LogP contribution in [0.3, 0.4) is 0 Å². The van der Waals surface area contributed by atoms with Gasteiger partial charge in [0.25, 0.3) is 0 Å². The number of benzene rings is 2. The number of alkyl halides is 3. The van der Waals surface area contributed by atoms with Crippen LogP contribution < -0.4 is 9.47 Å². The molecule has 2 aromatic carbocycles. The first kappa shape index (κ1) is 25.8. The molecule has 1 amide bonds. The Morgan fingerprint density at radius 2 is 1.56 bits per heavy atom. The van der Waals surface area contributed by atoms with Crippen molar-refractivity contribution in [2.24, 2.45) is 5.92 Å². The predicted molar refractivity (Wildman–Crippen MR) is 113 cm³/mol. The average molecular weight is 503 g/mol. The number of nitrogens with zero attached hydrogens (tertiary/aromatic N) is 1. The van der Waals surface area contributed by atoms with E-state index in [-0.39, 0.29) is 28.7 Å². The van der Waals surface area contributed by atoms with Gasteiger partial charge in [-0.2, -0.15) is 0 Å². The number of hydrogen-bond donors (Lipinski definition) is 1. The molecule has 186 valence electrons. The number of rotatable bonds is 10. The topological polar surface area (TPSA) is 102 Å². The summed E-state index contributed by atoms with van der Waals surface area (Å²) in [6.45, 7) is 1.10. The van der Waals surface area contributed by atoms with Gasteiger partial charge >= 0.3 is 6.36 Å². The van der Waals surface area contributed by atoms with Gasteiger partial charge in [0.15, 0.2) is 9.84 Å². The molecule has 0 spiro atoms. The summed E-state index contributed by atoms with van der Waals surface area (Å²) < 4.78 is 77.1. The van der Waals surface area contributed by atoms with Crippen molar-refractivity contribution in [1.29, 1.82) is 0 Å². The Morgan fingerprint density at radius 1 is 1.03 bits per heavy atom. The van der Waals surface area contributed by atoms with Crippen LogP contribution in [0.15, 0.2) is 53.4 Å².